The van der Waals surface area contributed by atoms with E-state index < -0.39 is 17.7 Å². The Hall–Kier alpha value is -2.02. The van der Waals surface area contributed by atoms with Gasteiger partial charge < -0.3 is 4.74 Å². The van der Waals surface area contributed by atoms with E-state index in [2.05, 4.69) is 6.07 Å². The summed E-state index contributed by atoms with van der Waals surface area (Å²) in [5, 5.41) is 9.16. The van der Waals surface area contributed by atoms with Crippen molar-refractivity contribution in [3.05, 3.63) is 29.8 Å². The van der Waals surface area contributed by atoms with Crippen LogP contribution < -0.4 is 4.90 Å². The molecule has 1 aromatic carbocycles. The van der Waals surface area contributed by atoms with Gasteiger partial charge in [0, 0.05) is 6.42 Å². The molecule has 0 N–H and O–H groups in total. The summed E-state index contributed by atoms with van der Waals surface area (Å²) in [6.07, 6.45) is 0.102. The van der Waals surface area contributed by atoms with Crippen LogP contribution >= 0.6 is 0 Å². The van der Waals surface area contributed by atoms with Crippen molar-refractivity contribution in [1.82, 2.24) is 0 Å². The summed E-state index contributed by atoms with van der Waals surface area (Å²) < 4.78 is 5.35. The lowest BCUT2D eigenvalue weighted by atomic mass is 10.1. The van der Waals surface area contributed by atoms with Gasteiger partial charge in [-0.2, -0.15) is 5.26 Å². The minimum atomic E-state index is -0.561. The number of hydrogen-bond donors (Lipinski definition) is 0. The molecule has 0 aromatic heterocycles. The summed E-state index contributed by atoms with van der Waals surface area (Å²) >= 11 is 0. The highest BCUT2D eigenvalue weighted by molar-refractivity contribution is 5.92. The highest BCUT2D eigenvalue weighted by Gasteiger charge is 2.36. The Morgan fingerprint density at radius 1 is 1.44 bits per heavy atom. The zero-order chi connectivity index (χ0) is 13.3. The molecule has 0 saturated heterocycles. The number of para-hydroxylation sites is 1. The third-order valence-corrected chi connectivity index (χ3v) is 2.72. The fourth-order valence-corrected chi connectivity index (χ4v) is 2.03. The number of amides is 1. The molecule has 0 saturated carbocycles. The van der Waals surface area contributed by atoms with E-state index in [-0.39, 0.29) is 0 Å². The van der Waals surface area contributed by atoms with Crippen LogP contribution in [-0.4, -0.2) is 17.7 Å². The zero-order valence-corrected chi connectivity index (χ0v) is 10.8. The molecule has 4 heteroatoms. The van der Waals surface area contributed by atoms with Gasteiger partial charge in [-0.15, -0.1) is 0 Å². The standard InChI is InChI=1S/C14H16N2O2/c1-14(2,3)18-13(17)16-11(9-15)8-10-6-4-5-7-12(10)16/h4-7,11H,8H2,1-3H3/t11-/m0/s1. The molecule has 0 spiro atoms. The lowest BCUT2D eigenvalue weighted by molar-refractivity contribution is 0.0576. The Balaban J connectivity index is 2.31. The van der Waals surface area contributed by atoms with Gasteiger partial charge in [-0.25, -0.2) is 4.79 Å². The molecule has 0 radical (unpaired) electrons. The summed E-state index contributed by atoms with van der Waals surface area (Å²) in [4.78, 5) is 13.6. The molecule has 1 aromatic rings. The van der Waals surface area contributed by atoms with E-state index in [1.807, 2.05) is 45.0 Å². The van der Waals surface area contributed by atoms with Gasteiger partial charge in [-0.1, -0.05) is 18.2 Å². The lowest BCUT2D eigenvalue weighted by Crippen LogP contribution is -2.40. The number of nitriles is 1. The Labute approximate surface area is 107 Å². The first kappa shape index (κ1) is 12.4. The molecule has 94 valence electrons. The maximum Gasteiger partial charge on any atom is 0.415 e. The second kappa shape index (κ2) is 4.34. The van der Waals surface area contributed by atoms with Crippen LogP contribution in [0.2, 0.25) is 0 Å². The van der Waals surface area contributed by atoms with Crippen molar-refractivity contribution in [1.29, 1.82) is 5.26 Å². The molecule has 1 amide bonds. The minimum absolute atomic E-state index is 0.459. The molecule has 0 bridgehead atoms. The molecule has 4 nitrogen and oxygen atoms in total. The number of ether oxygens (including phenoxy) is 1. The number of hydrogen-bond acceptors (Lipinski definition) is 3. The maximum absolute atomic E-state index is 12.1. The van der Waals surface area contributed by atoms with Crippen molar-refractivity contribution in [2.24, 2.45) is 0 Å². The second-order valence-corrected chi connectivity index (χ2v) is 5.33. The molecule has 2 rings (SSSR count). The van der Waals surface area contributed by atoms with E-state index >= 15 is 0 Å². The molecular weight excluding hydrogens is 228 g/mol. The van der Waals surface area contributed by atoms with Crippen LogP contribution in [0.4, 0.5) is 10.5 Å². The van der Waals surface area contributed by atoms with E-state index in [0.717, 1.165) is 11.3 Å². The molecule has 1 aliphatic heterocycles. The Kier molecular flexibility index (Phi) is 3.00. The van der Waals surface area contributed by atoms with Crippen LogP contribution in [0.3, 0.4) is 0 Å². The molecule has 1 aliphatic rings. The van der Waals surface area contributed by atoms with E-state index in [0.29, 0.717) is 6.42 Å². The average Bonchev–Trinajstić information content (AvgIpc) is 2.64. The summed E-state index contributed by atoms with van der Waals surface area (Å²) in [6, 6.07) is 9.22. The van der Waals surface area contributed by atoms with Crippen LogP contribution in [0.1, 0.15) is 26.3 Å². The molecule has 0 unspecified atom stereocenters. The van der Waals surface area contributed by atoms with E-state index in [1.54, 1.807) is 0 Å². The minimum Gasteiger partial charge on any atom is -0.443 e. The van der Waals surface area contributed by atoms with Gasteiger partial charge in [-0.05, 0) is 32.4 Å². The Morgan fingerprint density at radius 3 is 2.72 bits per heavy atom. The van der Waals surface area contributed by atoms with Gasteiger partial charge in [0.25, 0.3) is 0 Å². The van der Waals surface area contributed by atoms with Gasteiger partial charge in [0.05, 0.1) is 11.8 Å². The fraction of sp³-hybridized carbons (Fsp3) is 0.429. The maximum atomic E-state index is 12.1. The first-order chi connectivity index (χ1) is 8.42. The van der Waals surface area contributed by atoms with Crippen LogP contribution in [0.5, 0.6) is 0 Å². The number of nitrogens with zero attached hydrogens (tertiary/aromatic N) is 2. The quantitative estimate of drug-likeness (QED) is 0.705. The van der Waals surface area contributed by atoms with E-state index in [4.69, 9.17) is 10.00 Å². The molecule has 1 heterocycles. The second-order valence-electron chi connectivity index (χ2n) is 5.33. The van der Waals surface area contributed by atoms with Crippen molar-refractivity contribution in [3.63, 3.8) is 0 Å². The van der Waals surface area contributed by atoms with Crippen LogP contribution in [0.25, 0.3) is 0 Å². The van der Waals surface area contributed by atoms with Gasteiger partial charge in [0.2, 0.25) is 0 Å². The van der Waals surface area contributed by atoms with Crippen molar-refractivity contribution in [3.8, 4) is 6.07 Å². The molecule has 18 heavy (non-hydrogen) atoms. The molecule has 0 aliphatic carbocycles. The fourth-order valence-electron chi connectivity index (χ4n) is 2.03. The third kappa shape index (κ3) is 2.30. The first-order valence-corrected chi connectivity index (χ1v) is 5.92. The molecule has 1 atom stereocenters. The number of fused-ring (bicyclic) bond motifs is 1. The number of rotatable bonds is 0. The number of carbonyl (C=O) groups excluding carboxylic acids is 1. The highest BCUT2D eigenvalue weighted by Crippen LogP contribution is 2.32. The Bertz CT molecular complexity index is 511. The SMILES string of the molecule is CC(C)(C)OC(=O)N1c2ccccc2C[C@H]1C#N. The average molecular weight is 244 g/mol. The smallest absolute Gasteiger partial charge is 0.415 e. The topological polar surface area (TPSA) is 53.3 Å². The number of anilines is 1. The van der Waals surface area contributed by atoms with Crippen molar-refractivity contribution >= 4 is 11.8 Å². The van der Waals surface area contributed by atoms with Crippen molar-refractivity contribution < 1.29 is 9.53 Å². The van der Waals surface area contributed by atoms with Gasteiger partial charge in [0.1, 0.15) is 11.6 Å². The number of benzene rings is 1. The van der Waals surface area contributed by atoms with E-state index in [9.17, 15) is 4.79 Å². The predicted molar refractivity (Wildman–Crippen MR) is 68.3 cm³/mol. The van der Waals surface area contributed by atoms with Crippen LogP contribution in [0.15, 0.2) is 24.3 Å². The predicted octanol–water partition coefficient (Wildman–Crippen LogP) is 2.88. The highest BCUT2D eigenvalue weighted by atomic mass is 16.6. The molecule has 0 fully saturated rings. The van der Waals surface area contributed by atoms with Gasteiger partial charge >= 0.3 is 6.09 Å². The summed E-state index contributed by atoms with van der Waals surface area (Å²) in [7, 11) is 0. The van der Waals surface area contributed by atoms with Crippen LogP contribution in [-0.2, 0) is 11.2 Å². The lowest BCUT2D eigenvalue weighted by Gasteiger charge is -2.26. The zero-order valence-electron chi connectivity index (χ0n) is 10.8. The summed E-state index contributed by atoms with van der Waals surface area (Å²) in [5.74, 6) is 0. The largest absolute Gasteiger partial charge is 0.443 e. The van der Waals surface area contributed by atoms with Crippen molar-refractivity contribution in [2.45, 2.75) is 38.8 Å². The van der Waals surface area contributed by atoms with E-state index in [1.165, 1.54) is 4.90 Å². The summed E-state index contributed by atoms with van der Waals surface area (Å²) in [6.45, 7) is 5.44. The van der Waals surface area contributed by atoms with Crippen LogP contribution in [0, 0.1) is 11.3 Å². The monoisotopic (exact) mass is 244 g/mol. The Morgan fingerprint density at radius 2 is 2.11 bits per heavy atom. The molecular formula is C14H16N2O2. The first-order valence-electron chi connectivity index (χ1n) is 5.92. The van der Waals surface area contributed by atoms with Gasteiger partial charge in [0.15, 0.2) is 0 Å². The summed E-state index contributed by atoms with van der Waals surface area (Å²) in [5.41, 5.74) is 1.22. The van der Waals surface area contributed by atoms with Crippen molar-refractivity contribution in [2.75, 3.05) is 4.90 Å². The van der Waals surface area contributed by atoms with Gasteiger partial charge in [-0.3, -0.25) is 4.90 Å². The normalized spacial score (nSPS) is 18.1. The third-order valence-electron chi connectivity index (χ3n) is 2.72. The number of carbonyl (C=O) groups is 1.